The quantitative estimate of drug-likeness (QED) is 0.899. The third kappa shape index (κ3) is 3.80. The third-order valence-electron chi connectivity index (χ3n) is 3.73. The van der Waals surface area contributed by atoms with Crippen LogP contribution < -0.4 is 5.32 Å². The van der Waals surface area contributed by atoms with E-state index in [0.717, 1.165) is 56.5 Å². The molecule has 1 N–H and O–H groups in total. The van der Waals surface area contributed by atoms with Crippen molar-refractivity contribution >= 4 is 11.8 Å². The van der Waals surface area contributed by atoms with Crippen molar-refractivity contribution in [3.8, 4) is 0 Å². The summed E-state index contributed by atoms with van der Waals surface area (Å²) in [4.78, 5) is 10.9. The van der Waals surface area contributed by atoms with Crippen LogP contribution in [0.3, 0.4) is 0 Å². The molecule has 0 saturated carbocycles. The van der Waals surface area contributed by atoms with Crippen molar-refractivity contribution in [1.29, 1.82) is 0 Å². The number of aryl methyl sites for hydroxylation is 2. The lowest BCUT2D eigenvalue weighted by atomic mass is 10.4. The van der Waals surface area contributed by atoms with Crippen LogP contribution in [0, 0.1) is 13.8 Å². The molecule has 7 heteroatoms. The predicted molar refractivity (Wildman–Crippen MR) is 84.3 cm³/mol. The summed E-state index contributed by atoms with van der Waals surface area (Å²) in [6, 6.07) is 2.02. The third-order valence-corrected chi connectivity index (χ3v) is 3.73. The molecule has 22 heavy (non-hydrogen) atoms. The van der Waals surface area contributed by atoms with Crippen LogP contribution in [0.5, 0.6) is 0 Å². The van der Waals surface area contributed by atoms with E-state index in [-0.39, 0.29) is 0 Å². The molecule has 0 radical (unpaired) electrons. The second-order valence-corrected chi connectivity index (χ2v) is 5.56. The van der Waals surface area contributed by atoms with Gasteiger partial charge in [0.25, 0.3) is 0 Å². The molecule has 1 aliphatic rings. The van der Waals surface area contributed by atoms with E-state index in [1.54, 1.807) is 12.4 Å². The molecule has 7 nitrogen and oxygen atoms in total. The molecule has 0 atom stereocenters. The van der Waals surface area contributed by atoms with E-state index in [4.69, 9.17) is 4.74 Å². The van der Waals surface area contributed by atoms with Gasteiger partial charge in [-0.15, -0.1) is 0 Å². The molecule has 2 aromatic rings. The van der Waals surface area contributed by atoms with Crippen molar-refractivity contribution in [3.05, 3.63) is 29.7 Å². The molecule has 0 bridgehead atoms. The van der Waals surface area contributed by atoms with Gasteiger partial charge in [-0.3, -0.25) is 9.58 Å². The Morgan fingerprint density at radius 2 is 1.86 bits per heavy atom. The molecule has 0 aliphatic carbocycles. The zero-order valence-corrected chi connectivity index (χ0v) is 13.1. The highest BCUT2D eigenvalue weighted by Crippen LogP contribution is 2.13. The van der Waals surface area contributed by atoms with Crippen molar-refractivity contribution < 1.29 is 4.74 Å². The average Bonchev–Trinajstić information content (AvgIpc) is 2.88. The van der Waals surface area contributed by atoms with Crippen LogP contribution in [0.1, 0.15) is 11.3 Å². The highest BCUT2D eigenvalue weighted by molar-refractivity contribution is 5.47. The van der Waals surface area contributed by atoms with Crippen molar-refractivity contribution in [2.45, 2.75) is 20.4 Å². The molecular weight excluding hydrogens is 280 g/mol. The number of aromatic nitrogens is 4. The molecule has 1 aliphatic heterocycles. The Morgan fingerprint density at radius 1 is 1.14 bits per heavy atom. The number of nitrogens with one attached hydrogen (secondary N) is 1. The van der Waals surface area contributed by atoms with Crippen molar-refractivity contribution in [1.82, 2.24) is 24.6 Å². The molecule has 0 amide bonds. The maximum absolute atomic E-state index is 5.37. The first-order valence-electron chi connectivity index (χ1n) is 7.61. The first kappa shape index (κ1) is 14.9. The summed E-state index contributed by atoms with van der Waals surface area (Å²) < 4.78 is 7.39. The van der Waals surface area contributed by atoms with Crippen LogP contribution in [0.4, 0.5) is 11.8 Å². The van der Waals surface area contributed by atoms with Crippen LogP contribution in [0.15, 0.2) is 18.5 Å². The van der Waals surface area contributed by atoms with Gasteiger partial charge in [-0.2, -0.15) is 5.10 Å². The van der Waals surface area contributed by atoms with Crippen molar-refractivity contribution in [3.63, 3.8) is 0 Å². The maximum Gasteiger partial charge on any atom is 0.228 e. The van der Waals surface area contributed by atoms with Crippen LogP contribution in [-0.4, -0.2) is 57.5 Å². The second kappa shape index (κ2) is 6.85. The lowest BCUT2D eigenvalue weighted by Gasteiger charge is -2.26. The maximum atomic E-state index is 5.37. The predicted octanol–water partition coefficient (Wildman–Crippen LogP) is 1.37. The molecule has 3 rings (SSSR count). The highest BCUT2D eigenvalue weighted by Gasteiger charge is 2.11. The Labute approximate surface area is 130 Å². The Hall–Kier alpha value is -1.99. The van der Waals surface area contributed by atoms with Gasteiger partial charge in [-0.05, 0) is 19.4 Å². The fraction of sp³-hybridized carbons (Fsp3) is 0.533. The molecule has 3 heterocycles. The summed E-state index contributed by atoms with van der Waals surface area (Å²) in [7, 11) is 0. The van der Waals surface area contributed by atoms with Gasteiger partial charge in [0, 0.05) is 43.8 Å². The Bertz CT molecular complexity index is 603. The monoisotopic (exact) mass is 302 g/mol. The van der Waals surface area contributed by atoms with Gasteiger partial charge in [0.05, 0.1) is 19.8 Å². The summed E-state index contributed by atoms with van der Waals surface area (Å²) in [5.41, 5.74) is 2.17. The zero-order valence-electron chi connectivity index (χ0n) is 13.1. The van der Waals surface area contributed by atoms with E-state index in [9.17, 15) is 0 Å². The summed E-state index contributed by atoms with van der Waals surface area (Å²) in [5, 5.41) is 7.72. The molecule has 0 aromatic carbocycles. The Kier molecular flexibility index (Phi) is 4.65. The summed E-state index contributed by atoms with van der Waals surface area (Å²) in [6.07, 6.45) is 3.58. The molecular formula is C15H22N6O. The zero-order chi connectivity index (χ0) is 15.4. The number of hydrogen-bond acceptors (Lipinski definition) is 6. The number of nitrogens with zero attached hydrogens (tertiary/aromatic N) is 5. The molecule has 0 spiro atoms. The van der Waals surface area contributed by atoms with Crippen molar-refractivity contribution in [2.75, 3.05) is 38.2 Å². The lowest BCUT2D eigenvalue weighted by molar-refractivity contribution is 0.0359. The first-order chi connectivity index (χ1) is 10.7. The highest BCUT2D eigenvalue weighted by atomic mass is 16.5. The minimum absolute atomic E-state index is 0.573. The van der Waals surface area contributed by atoms with Gasteiger partial charge in [0.2, 0.25) is 5.95 Å². The van der Waals surface area contributed by atoms with Gasteiger partial charge in [-0.1, -0.05) is 0 Å². The minimum Gasteiger partial charge on any atom is -0.379 e. The van der Waals surface area contributed by atoms with E-state index in [0.29, 0.717) is 5.95 Å². The number of rotatable bonds is 5. The van der Waals surface area contributed by atoms with E-state index in [2.05, 4.69) is 32.2 Å². The van der Waals surface area contributed by atoms with Gasteiger partial charge in [0.1, 0.15) is 0 Å². The topological polar surface area (TPSA) is 68.1 Å². The standard InChI is InChI=1S/C15H22N6O/c1-12-10-16-15(17-11-12)18-14-9-13(2)21(19-14)4-3-20-5-7-22-8-6-20/h9-11H,3-8H2,1-2H3,(H,16,17,18,19). The summed E-state index contributed by atoms with van der Waals surface area (Å²) in [5.74, 6) is 1.35. The summed E-state index contributed by atoms with van der Waals surface area (Å²) >= 11 is 0. The fourth-order valence-corrected chi connectivity index (χ4v) is 2.43. The molecule has 118 valence electrons. The SMILES string of the molecule is Cc1cnc(Nc2cc(C)n(CCN3CCOCC3)n2)nc1. The van der Waals surface area contributed by atoms with Crippen LogP contribution in [-0.2, 0) is 11.3 Å². The minimum atomic E-state index is 0.573. The molecule has 2 aromatic heterocycles. The molecule has 0 unspecified atom stereocenters. The second-order valence-electron chi connectivity index (χ2n) is 5.56. The van der Waals surface area contributed by atoms with E-state index < -0.39 is 0 Å². The largest absolute Gasteiger partial charge is 0.379 e. The van der Waals surface area contributed by atoms with Gasteiger partial charge < -0.3 is 10.1 Å². The average molecular weight is 302 g/mol. The Morgan fingerprint density at radius 3 is 2.59 bits per heavy atom. The van der Waals surface area contributed by atoms with Gasteiger partial charge in [-0.25, -0.2) is 9.97 Å². The van der Waals surface area contributed by atoms with E-state index in [1.807, 2.05) is 17.7 Å². The van der Waals surface area contributed by atoms with Crippen LogP contribution in [0.2, 0.25) is 0 Å². The van der Waals surface area contributed by atoms with Crippen LogP contribution in [0.25, 0.3) is 0 Å². The van der Waals surface area contributed by atoms with E-state index >= 15 is 0 Å². The molecule has 1 saturated heterocycles. The Balaban J connectivity index is 1.59. The van der Waals surface area contributed by atoms with Gasteiger partial charge in [0.15, 0.2) is 5.82 Å². The van der Waals surface area contributed by atoms with Crippen LogP contribution >= 0.6 is 0 Å². The summed E-state index contributed by atoms with van der Waals surface area (Å²) in [6.45, 7) is 9.56. The molecule has 1 fully saturated rings. The van der Waals surface area contributed by atoms with Gasteiger partial charge >= 0.3 is 0 Å². The number of ether oxygens (including phenoxy) is 1. The smallest absolute Gasteiger partial charge is 0.228 e. The normalized spacial score (nSPS) is 15.9. The fourth-order valence-electron chi connectivity index (χ4n) is 2.43. The number of anilines is 2. The lowest BCUT2D eigenvalue weighted by Crippen LogP contribution is -2.38. The number of hydrogen-bond donors (Lipinski definition) is 1. The number of morpholine rings is 1. The van der Waals surface area contributed by atoms with E-state index in [1.165, 1.54) is 0 Å². The first-order valence-corrected chi connectivity index (χ1v) is 7.61. The van der Waals surface area contributed by atoms with Crippen molar-refractivity contribution in [2.24, 2.45) is 0 Å².